The number of fused-ring (bicyclic) bond motifs is 1. The van der Waals surface area contributed by atoms with Crippen LogP contribution in [0.1, 0.15) is 20.7 Å². The van der Waals surface area contributed by atoms with Gasteiger partial charge in [0, 0.05) is 6.08 Å². The third-order valence-electron chi connectivity index (χ3n) is 2.98. The predicted molar refractivity (Wildman–Crippen MR) is 73.8 cm³/mol. The van der Waals surface area contributed by atoms with Gasteiger partial charge in [-0.3, -0.25) is 14.5 Å². The number of hydrogen-bond donors (Lipinski definition) is 0. The minimum absolute atomic E-state index is 0.104. The number of rotatable bonds is 7. The normalized spacial score (nSPS) is 13.2. The molecule has 0 radical (unpaired) electrons. The summed E-state index contributed by atoms with van der Waals surface area (Å²) in [6.07, 6.45) is 1.07. The van der Waals surface area contributed by atoms with Crippen molar-refractivity contribution in [3.05, 3.63) is 48.0 Å². The molecule has 0 spiro atoms. The van der Waals surface area contributed by atoms with Crippen LogP contribution < -0.4 is 0 Å². The summed E-state index contributed by atoms with van der Waals surface area (Å²) in [7, 11) is 0. The molecule has 2 amide bonds. The molecular formula is C15H15NO5. The van der Waals surface area contributed by atoms with Crippen molar-refractivity contribution >= 4 is 17.8 Å². The molecule has 0 fully saturated rings. The van der Waals surface area contributed by atoms with E-state index in [1.165, 1.54) is 0 Å². The van der Waals surface area contributed by atoms with Crippen molar-refractivity contribution in [2.24, 2.45) is 0 Å². The highest BCUT2D eigenvalue weighted by molar-refractivity contribution is 6.21. The molecule has 6 nitrogen and oxygen atoms in total. The standard InChI is InChI=1S/C15H15NO5/c1-2-13(17)21-10-9-20-8-7-16-14(18)11-5-3-4-6-12(11)15(16)19/h2-6H,1,7-10H2. The fraction of sp³-hybridized carbons (Fsp3) is 0.267. The molecule has 6 heteroatoms. The van der Waals surface area contributed by atoms with E-state index in [1.54, 1.807) is 24.3 Å². The number of carbonyl (C=O) groups is 3. The van der Waals surface area contributed by atoms with E-state index in [-0.39, 0.29) is 38.2 Å². The molecule has 0 bridgehead atoms. The second-order valence-electron chi connectivity index (χ2n) is 4.29. The van der Waals surface area contributed by atoms with E-state index >= 15 is 0 Å². The minimum Gasteiger partial charge on any atom is -0.460 e. The maximum absolute atomic E-state index is 12.0. The van der Waals surface area contributed by atoms with Crippen LogP contribution in [0.5, 0.6) is 0 Å². The lowest BCUT2D eigenvalue weighted by Gasteiger charge is -2.13. The van der Waals surface area contributed by atoms with Crippen molar-refractivity contribution < 1.29 is 23.9 Å². The lowest BCUT2D eigenvalue weighted by atomic mass is 10.1. The topological polar surface area (TPSA) is 72.9 Å². The molecule has 1 heterocycles. The Hall–Kier alpha value is -2.47. The molecule has 0 aliphatic carbocycles. The molecule has 0 unspecified atom stereocenters. The summed E-state index contributed by atoms with van der Waals surface area (Å²) in [5.41, 5.74) is 0.838. The molecule has 0 N–H and O–H groups in total. The van der Waals surface area contributed by atoms with Crippen LogP contribution in [0.3, 0.4) is 0 Å². The van der Waals surface area contributed by atoms with Crippen molar-refractivity contribution in [2.45, 2.75) is 0 Å². The third-order valence-corrected chi connectivity index (χ3v) is 2.98. The SMILES string of the molecule is C=CC(=O)OCCOCCN1C(=O)c2ccccc2C1=O. The monoisotopic (exact) mass is 289 g/mol. The number of hydrogen-bond acceptors (Lipinski definition) is 5. The van der Waals surface area contributed by atoms with Crippen molar-refractivity contribution in [2.75, 3.05) is 26.4 Å². The van der Waals surface area contributed by atoms with Crippen LogP contribution in [-0.2, 0) is 14.3 Å². The molecule has 0 atom stereocenters. The number of benzene rings is 1. The molecule has 1 aliphatic heterocycles. The lowest BCUT2D eigenvalue weighted by molar-refractivity contribution is -0.139. The van der Waals surface area contributed by atoms with E-state index in [9.17, 15) is 14.4 Å². The van der Waals surface area contributed by atoms with E-state index in [4.69, 9.17) is 9.47 Å². The van der Waals surface area contributed by atoms with E-state index in [2.05, 4.69) is 6.58 Å². The lowest BCUT2D eigenvalue weighted by Crippen LogP contribution is -2.33. The summed E-state index contributed by atoms with van der Waals surface area (Å²) >= 11 is 0. The van der Waals surface area contributed by atoms with Crippen LogP contribution in [0.25, 0.3) is 0 Å². The van der Waals surface area contributed by atoms with Crippen LogP contribution in [0.15, 0.2) is 36.9 Å². The van der Waals surface area contributed by atoms with E-state index in [0.29, 0.717) is 11.1 Å². The summed E-state index contributed by atoms with van der Waals surface area (Å²) < 4.78 is 9.96. The third kappa shape index (κ3) is 3.35. The first-order chi connectivity index (χ1) is 10.1. The van der Waals surface area contributed by atoms with Gasteiger partial charge in [0.15, 0.2) is 0 Å². The Kier molecular flexibility index (Phi) is 4.84. The summed E-state index contributed by atoms with van der Waals surface area (Å²) in [5, 5.41) is 0. The van der Waals surface area contributed by atoms with E-state index < -0.39 is 5.97 Å². The number of carbonyl (C=O) groups excluding carboxylic acids is 3. The van der Waals surface area contributed by atoms with Crippen molar-refractivity contribution in [3.63, 3.8) is 0 Å². The molecule has 21 heavy (non-hydrogen) atoms. The number of amides is 2. The average molecular weight is 289 g/mol. The number of nitrogens with zero attached hydrogens (tertiary/aromatic N) is 1. The Labute approximate surface area is 121 Å². The van der Waals surface area contributed by atoms with Gasteiger partial charge in [0.1, 0.15) is 6.61 Å². The summed E-state index contributed by atoms with van der Waals surface area (Å²) in [4.78, 5) is 36.0. The number of ether oxygens (including phenoxy) is 2. The van der Waals surface area contributed by atoms with Gasteiger partial charge < -0.3 is 9.47 Å². The first-order valence-corrected chi connectivity index (χ1v) is 6.47. The zero-order chi connectivity index (χ0) is 15.2. The van der Waals surface area contributed by atoms with Gasteiger partial charge in [-0.05, 0) is 12.1 Å². The van der Waals surface area contributed by atoms with Crippen molar-refractivity contribution in [1.29, 1.82) is 0 Å². The molecule has 0 saturated heterocycles. The first-order valence-electron chi connectivity index (χ1n) is 6.47. The van der Waals surface area contributed by atoms with Gasteiger partial charge in [-0.25, -0.2) is 4.79 Å². The van der Waals surface area contributed by atoms with Gasteiger partial charge in [-0.2, -0.15) is 0 Å². The van der Waals surface area contributed by atoms with Gasteiger partial charge in [-0.1, -0.05) is 18.7 Å². The Balaban J connectivity index is 1.75. The molecule has 2 rings (SSSR count). The minimum atomic E-state index is -0.515. The van der Waals surface area contributed by atoms with Gasteiger partial charge in [0.2, 0.25) is 0 Å². The maximum Gasteiger partial charge on any atom is 0.330 e. The largest absolute Gasteiger partial charge is 0.460 e. The fourth-order valence-electron chi connectivity index (χ4n) is 1.96. The van der Waals surface area contributed by atoms with Crippen LogP contribution in [0.2, 0.25) is 0 Å². The zero-order valence-corrected chi connectivity index (χ0v) is 11.4. The molecule has 110 valence electrons. The number of esters is 1. The average Bonchev–Trinajstić information content (AvgIpc) is 2.75. The summed E-state index contributed by atoms with van der Waals surface area (Å²) in [6.45, 7) is 3.93. The number of imide groups is 1. The van der Waals surface area contributed by atoms with Crippen LogP contribution in [-0.4, -0.2) is 49.0 Å². The zero-order valence-electron chi connectivity index (χ0n) is 11.4. The van der Waals surface area contributed by atoms with Crippen molar-refractivity contribution in [1.82, 2.24) is 4.90 Å². The Morgan fingerprint density at radius 1 is 1.10 bits per heavy atom. The highest BCUT2D eigenvalue weighted by Crippen LogP contribution is 2.21. The molecule has 1 aliphatic rings. The highest BCUT2D eigenvalue weighted by Gasteiger charge is 2.34. The fourth-order valence-corrected chi connectivity index (χ4v) is 1.96. The quantitative estimate of drug-likeness (QED) is 0.324. The second-order valence-corrected chi connectivity index (χ2v) is 4.29. The predicted octanol–water partition coefficient (Wildman–Crippen LogP) is 1.03. The van der Waals surface area contributed by atoms with Crippen LogP contribution >= 0.6 is 0 Å². The Bertz CT molecular complexity index is 546. The smallest absolute Gasteiger partial charge is 0.330 e. The first kappa shape index (κ1) is 14.9. The second kappa shape index (κ2) is 6.81. The van der Waals surface area contributed by atoms with E-state index in [1.807, 2.05) is 0 Å². The molecule has 1 aromatic carbocycles. The molecular weight excluding hydrogens is 274 g/mol. The van der Waals surface area contributed by atoms with Gasteiger partial charge >= 0.3 is 5.97 Å². The summed E-state index contributed by atoms with van der Waals surface area (Å²) in [5.74, 6) is -1.13. The Morgan fingerprint density at radius 3 is 2.29 bits per heavy atom. The maximum atomic E-state index is 12.0. The van der Waals surface area contributed by atoms with Crippen LogP contribution in [0.4, 0.5) is 0 Å². The van der Waals surface area contributed by atoms with Crippen LogP contribution in [0, 0.1) is 0 Å². The van der Waals surface area contributed by atoms with E-state index in [0.717, 1.165) is 11.0 Å². The van der Waals surface area contributed by atoms with Gasteiger partial charge in [-0.15, -0.1) is 0 Å². The highest BCUT2D eigenvalue weighted by atomic mass is 16.6. The summed E-state index contributed by atoms with van der Waals surface area (Å²) in [6, 6.07) is 6.70. The van der Waals surface area contributed by atoms with Gasteiger partial charge in [0.25, 0.3) is 11.8 Å². The Morgan fingerprint density at radius 2 is 1.71 bits per heavy atom. The van der Waals surface area contributed by atoms with Crippen molar-refractivity contribution in [3.8, 4) is 0 Å². The van der Waals surface area contributed by atoms with Gasteiger partial charge in [0.05, 0.1) is 30.9 Å². The molecule has 0 saturated carbocycles. The molecule has 1 aromatic rings. The molecule has 0 aromatic heterocycles.